The van der Waals surface area contributed by atoms with Crippen LogP contribution in [0.25, 0.3) is 11.3 Å². The van der Waals surface area contributed by atoms with Gasteiger partial charge in [-0.1, -0.05) is 38.2 Å². The minimum Gasteiger partial charge on any atom is -0.340 e. The van der Waals surface area contributed by atoms with Crippen molar-refractivity contribution in [2.75, 3.05) is 7.05 Å². The first-order chi connectivity index (χ1) is 11.5. The third kappa shape index (κ3) is 3.70. The van der Waals surface area contributed by atoms with E-state index in [1.165, 1.54) is 44.7 Å². The van der Waals surface area contributed by atoms with Crippen molar-refractivity contribution in [3.05, 3.63) is 36.3 Å². The lowest BCUT2D eigenvalue weighted by atomic mass is 9.83. The summed E-state index contributed by atoms with van der Waals surface area (Å²) in [4.78, 5) is 4.73. The van der Waals surface area contributed by atoms with E-state index in [4.69, 9.17) is 0 Å². The number of nitrogens with zero attached hydrogens (tertiary/aromatic N) is 2. The van der Waals surface area contributed by atoms with Gasteiger partial charge in [-0.3, -0.25) is 0 Å². The van der Waals surface area contributed by atoms with Gasteiger partial charge < -0.3 is 4.57 Å². The average molecular weight is 347 g/mol. The van der Waals surface area contributed by atoms with E-state index >= 15 is 0 Å². The molecule has 3 rings (SSSR count). The first-order valence-electron chi connectivity index (χ1n) is 8.54. The lowest BCUT2D eigenvalue weighted by molar-refractivity contribution is 0.357. The van der Waals surface area contributed by atoms with Gasteiger partial charge in [-0.25, -0.2) is 18.1 Å². The summed E-state index contributed by atoms with van der Waals surface area (Å²) in [6, 6.07) is 5.42. The van der Waals surface area contributed by atoms with Crippen molar-refractivity contribution in [1.29, 1.82) is 0 Å². The van der Waals surface area contributed by atoms with Crippen molar-refractivity contribution >= 4 is 10.0 Å². The Kier molecular flexibility index (Phi) is 5.06. The molecule has 1 heterocycles. The van der Waals surface area contributed by atoms with Crippen LogP contribution in [0.2, 0.25) is 0 Å². The summed E-state index contributed by atoms with van der Waals surface area (Å²) in [5, 5.41) is 0. The Bertz CT molecular complexity index is 805. The predicted molar refractivity (Wildman–Crippen MR) is 95.2 cm³/mol. The third-order valence-electron chi connectivity index (χ3n) is 4.87. The van der Waals surface area contributed by atoms with Crippen molar-refractivity contribution in [3.8, 4) is 11.3 Å². The fourth-order valence-electron chi connectivity index (χ4n) is 3.51. The van der Waals surface area contributed by atoms with Crippen LogP contribution in [0.15, 0.2) is 35.6 Å². The number of sulfonamides is 1. The smallest absolute Gasteiger partial charge is 0.240 e. The van der Waals surface area contributed by atoms with Crippen LogP contribution in [-0.2, 0) is 23.5 Å². The summed E-state index contributed by atoms with van der Waals surface area (Å²) >= 11 is 0. The highest BCUT2D eigenvalue weighted by Crippen LogP contribution is 2.32. The van der Waals surface area contributed by atoms with Crippen LogP contribution in [0.3, 0.4) is 0 Å². The van der Waals surface area contributed by atoms with Gasteiger partial charge in [-0.05, 0) is 37.1 Å². The van der Waals surface area contributed by atoms with Crippen LogP contribution >= 0.6 is 0 Å². The molecule has 0 atom stereocenters. The predicted octanol–water partition coefficient (Wildman–Crippen LogP) is 3.12. The number of nitrogens with one attached hydrogen (secondary N) is 1. The zero-order valence-electron chi connectivity index (χ0n) is 14.3. The van der Waals surface area contributed by atoms with Crippen molar-refractivity contribution in [1.82, 2.24) is 14.3 Å². The summed E-state index contributed by atoms with van der Waals surface area (Å²) in [6.45, 7) is 0. The Morgan fingerprint density at radius 1 is 1.25 bits per heavy atom. The quantitative estimate of drug-likeness (QED) is 0.904. The summed E-state index contributed by atoms with van der Waals surface area (Å²) in [7, 11) is -0.0980. The molecule has 0 spiro atoms. The molecule has 1 fully saturated rings. The van der Waals surface area contributed by atoms with E-state index in [-0.39, 0.29) is 4.90 Å². The Morgan fingerprint density at radius 2 is 2.00 bits per heavy atom. The first kappa shape index (κ1) is 17.2. The van der Waals surface area contributed by atoms with Gasteiger partial charge in [-0.15, -0.1) is 0 Å². The van der Waals surface area contributed by atoms with E-state index in [1.807, 2.05) is 23.9 Å². The summed E-state index contributed by atoms with van der Waals surface area (Å²) in [5.74, 6) is 0.688. The summed E-state index contributed by atoms with van der Waals surface area (Å²) in [6.07, 6.45) is 11.1. The summed E-state index contributed by atoms with van der Waals surface area (Å²) in [5.41, 5.74) is 2.95. The van der Waals surface area contributed by atoms with E-state index < -0.39 is 10.0 Å². The van der Waals surface area contributed by atoms with E-state index in [1.54, 1.807) is 18.5 Å². The maximum Gasteiger partial charge on any atom is 0.240 e. The van der Waals surface area contributed by atoms with Gasteiger partial charge in [0.2, 0.25) is 10.0 Å². The van der Waals surface area contributed by atoms with E-state index in [2.05, 4.69) is 9.71 Å². The van der Waals surface area contributed by atoms with Gasteiger partial charge >= 0.3 is 0 Å². The normalized spacial score (nSPS) is 16.4. The first-order valence-corrected chi connectivity index (χ1v) is 10.0. The van der Waals surface area contributed by atoms with Gasteiger partial charge in [0.1, 0.15) is 0 Å². The number of hydrogen-bond donors (Lipinski definition) is 1. The second kappa shape index (κ2) is 7.07. The Labute approximate surface area is 144 Å². The number of rotatable bonds is 5. The second-order valence-corrected chi connectivity index (χ2v) is 8.55. The van der Waals surface area contributed by atoms with E-state index in [0.717, 1.165) is 17.7 Å². The molecule has 2 aromatic rings. The number of benzene rings is 1. The maximum atomic E-state index is 12.2. The molecule has 6 heteroatoms. The van der Waals surface area contributed by atoms with Crippen LogP contribution in [0.4, 0.5) is 0 Å². The minimum absolute atomic E-state index is 0.290. The van der Waals surface area contributed by atoms with Crippen LogP contribution in [0.1, 0.15) is 37.7 Å². The molecular formula is C18H25N3O2S. The lowest BCUT2D eigenvalue weighted by Crippen LogP contribution is -2.19. The second-order valence-electron chi connectivity index (χ2n) is 6.66. The minimum atomic E-state index is -3.46. The van der Waals surface area contributed by atoms with Crippen LogP contribution in [0, 0.1) is 5.92 Å². The standard InChI is InChI=1S/C18H25N3O2S/c1-19-24(22,23)16-9-8-15(10-14-6-4-3-5-7-14)17(11-16)18-12-21(2)13-20-18/h8-9,11-14,19H,3-7,10H2,1-2H3. The van der Waals surface area contributed by atoms with E-state index in [0.29, 0.717) is 5.92 Å². The molecule has 1 aliphatic carbocycles. The molecule has 0 radical (unpaired) electrons. The molecule has 0 bridgehead atoms. The average Bonchev–Trinajstić information content (AvgIpc) is 3.02. The largest absolute Gasteiger partial charge is 0.340 e. The molecule has 5 nitrogen and oxygen atoms in total. The highest BCUT2D eigenvalue weighted by Gasteiger charge is 2.20. The van der Waals surface area contributed by atoms with Gasteiger partial charge in [0.05, 0.1) is 16.9 Å². The van der Waals surface area contributed by atoms with Crippen molar-refractivity contribution in [3.63, 3.8) is 0 Å². The van der Waals surface area contributed by atoms with Gasteiger partial charge in [0, 0.05) is 18.8 Å². The molecule has 0 amide bonds. The van der Waals surface area contributed by atoms with Crippen molar-refractivity contribution in [2.45, 2.75) is 43.4 Å². The fraction of sp³-hybridized carbons (Fsp3) is 0.500. The molecular weight excluding hydrogens is 322 g/mol. The van der Waals surface area contributed by atoms with Crippen LogP contribution in [-0.4, -0.2) is 25.0 Å². The summed E-state index contributed by atoms with van der Waals surface area (Å²) < 4.78 is 28.6. The zero-order valence-corrected chi connectivity index (χ0v) is 15.1. The SMILES string of the molecule is CNS(=O)(=O)c1ccc(CC2CCCCC2)c(-c2cn(C)cn2)c1. The third-order valence-corrected chi connectivity index (χ3v) is 6.29. The lowest BCUT2D eigenvalue weighted by Gasteiger charge is -2.22. The molecule has 1 saturated carbocycles. The Balaban J connectivity index is 2.00. The molecule has 130 valence electrons. The maximum absolute atomic E-state index is 12.2. The number of imidazole rings is 1. The number of aromatic nitrogens is 2. The Hall–Kier alpha value is -1.66. The number of hydrogen-bond acceptors (Lipinski definition) is 3. The molecule has 24 heavy (non-hydrogen) atoms. The number of aryl methyl sites for hydroxylation is 1. The van der Waals surface area contributed by atoms with Gasteiger partial charge in [0.25, 0.3) is 0 Å². The molecule has 1 aromatic heterocycles. The van der Waals surface area contributed by atoms with Gasteiger partial charge in [0.15, 0.2) is 0 Å². The van der Waals surface area contributed by atoms with Crippen molar-refractivity contribution < 1.29 is 8.42 Å². The molecule has 1 aromatic carbocycles. The molecule has 0 unspecified atom stereocenters. The highest BCUT2D eigenvalue weighted by atomic mass is 32.2. The van der Waals surface area contributed by atoms with Gasteiger partial charge in [-0.2, -0.15) is 0 Å². The van der Waals surface area contributed by atoms with E-state index in [9.17, 15) is 8.42 Å². The van der Waals surface area contributed by atoms with Crippen molar-refractivity contribution in [2.24, 2.45) is 13.0 Å². The molecule has 1 N–H and O–H groups in total. The molecule has 1 aliphatic rings. The zero-order chi connectivity index (χ0) is 17.2. The topological polar surface area (TPSA) is 64.0 Å². The Morgan fingerprint density at radius 3 is 2.62 bits per heavy atom. The molecule has 0 aliphatic heterocycles. The monoisotopic (exact) mass is 347 g/mol. The fourth-order valence-corrected chi connectivity index (χ4v) is 4.27. The molecule has 0 saturated heterocycles. The van der Waals surface area contributed by atoms with Crippen LogP contribution in [0.5, 0.6) is 0 Å². The van der Waals surface area contributed by atoms with Crippen LogP contribution < -0.4 is 4.72 Å². The highest BCUT2D eigenvalue weighted by molar-refractivity contribution is 7.89.